The molecule has 0 aliphatic carbocycles. The Labute approximate surface area is 124 Å². The lowest BCUT2D eigenvalue weighted by molar-refractivity contribution is 0.0956. The maximum atomic E-state index is 11.8. The largest absolute Gasteiger partial charge is 0.397 e. The number of nitrogen functional groups attached to an aromatic ring is 1. The minimum absolute atomic E-state index is 0.0869. The number of rotatable bonds is 7. The van der Waals surface area contributed by atoms with E-state index in [1.165, 1.54) is 0 Å². The zero-order valence-electron chi connectivity index (χ0n) is 12.1. The molecule has 21 heavy (non-hydrogen) atoms. The first-order valence-corrected chi connectivity index (χ1v) is 7.10. The molecule has 1 aromatic carbocycles. The van der Waals surface area contributed by atoms with Crippen LogP contribution in [0.2, 0.25) is 0 Å². The van der Waals surface area contributed by atoms with E-state index < -0.39 is 0 Å². The molecule has 6 nitrogen and oxygen atoms in total. The van der Waals surface area contributed by atoms with E-state index in [1.54, 1.807) is 24.4 Å². The van der Waals surface area contributed by atoms with Crippen molar-refractivity contribution in [1.29, 1.82) is 0 Å². The number of hydrogen-bond acceptors (Lipinski definition) is 4. The van der Waals surface area contributed by atoms with Crippen LogP contribution in [0.4, 0.5) is 11.4 Å². The predicted octanol–water partition coefficient (Wildman–Crippen LogP) is 1.79. The monoisotopic (exact) mass is 287 g/mol. The summed E-state index contributed by atoms with van der Waals surface area (Å²) in [5, 5.41) is 6.04. The second kappa shape index (κ2) is 7.33. The highest BCUT2D eigenvalue weighted by Gasteiger charge is 2.07. The average molecular weight is 287 g/mol. The van der Waals surface area contributed by atoms with E-state index in [0.29, 0.717) is 17.8 Å². The van der Waals surface area contributed by atoms with Gasteiger partial charge in [-0.25, -0.2) is 4.98 Å². The fraction of sp³-hybridized carbons (Fsp3) is 0.333. The van der Waals surface area contributed by atoms with Crippen LogP contribution in [0.3, 0.4) is 0 Å². The zero-order chi connectivity index (χ0) is 15.1. The molecule has 0 radical (unpaired) electrons. The molecule has 0 saturated heterocycles. The third-order valence-corrected chi connectivity index (χ3v) is 3.11. The molecule has 0 aliphatic rings. The molecule has 1 amide bonds. The number of nitrogens with zero attached hydrogens (tertiary/aromatic N) is 1. The van der Waals surface area contributed by atoms with Gasteiger partial charge in [0.05, 0.1) is 11.4 Å². The van der Waals surface area contributed by atoms with E-state index in [9.17, 15) is 4.79 Å². The fourth-order valence-corrected chi connectivity index (χ4v) is 2.03. The van der Waals surface area contributed by atoms with Crippen molar-refractivity contribution in [3.8, 4) is 0 Å². The SMILES string of the molecule is CCNC(=O)c1ccc(N)c(NCCCc2ncc[nH]2)c1. The van der Waals surface area contributed by atoms with Crippen LogP contribution in [0, 0.1) is 0 Å². The fourth-order valence-electron chi connectivity index (χ4n) is 2.03. The highest BCUT2D eigenvalue weighted by molar-refractivity contribution is 5.96. The van der Waals surface area contributed by atoms with Crippen LogP contribution in [0.5, 0.6) is 0 Å². The number of H-pyrrole nitrogens is 1. The number of anilines is 2. The Balaban J connectivity index is 1.89. The molecular formula is C15H21N5O. The normalized spacial score (nSPS) is 10.3. The summed E-state index contributed by atoms with van der Waals surface area (Å²) in [6, 6.07) is 5.26. The van der Waals surface area contributed by atoms with Gasteiger partial charge in [-0.2, -0.15) is 0 Å². The quantitative estimate of drug-likeness (QED) is 0.461. The lowest BCUT2D eigenvalue weighted by Crippen LogP contribution is -2.22. The lowest BCUT2D eigenvalue weighted by Gasteiger charge is -2.11. The van der Waals surface area contributed by atoms with Gasteiger partial charge in [0, 0.05) is 37.5 Å². The van der Waals surface area contributed by atoms with Crippen molar-refractivity contribution in [2.24, 2.45) is 0 Å². The number of amides is 1. The lowest BCUT2D eigenvalue weighted by atomic mass is 10.1. The van der Waals surface area contributed by atoms with Crippen LogP contribution in [0.25, 0.3) is 0 Å². The van der Waals surface area contributed by atoms with Crippen molar-refractivity contribution in [3.63, 3.8) is 0 Å². The van der Waals surface area contributed by atoms with Gasteiger partial charge in [0.15, 0.2) is 0 Å². The Morgan fingerprint density at radius 3 is 3.00 bits per heavy atom. The number of carbonyl (C=O) groups is 1. The second-order valence-corrected chi connectivity index (χ2v) is 4.73. The van der Waals surface area contributed by atoms with Gasteiger partial charge < -0.3 is 21.4 Å². The summed E-state index contributed by atoms with van der Waals surface area (Å²) in [7, 11) is 0. The van der Waals surface area contributed by atoms with Gasteiger partial charge >= 0.3 is 0 Å². The maximum absolute atomic E-state index is 11.8. The summed E-state index contributed by atoms with van der Waals surface area (Å²) in [6.45, 7) is 3.27. The molecular weight excluding hydrogens is 266 g/mol. The van der Waals surface area contributed by atoms with Crippen molar-refractivity contribution in [2.75, 3.05) is 24.1 Å². The molecule has 0 spiro atoms. The Morgan fingerprint density at radius 1 is 1.43 bits per heavy atom. The molecule has 0 saturated carbocycles. The maximum Gasteiger partial charge on any atom is 0.251 e. The molecule has 0 bridgehead atoms. The van der Waals surface area contributed by atoms with E-state index in [1.807, 2.05) is 13.1 Å². The van der Waals surface area contributed by atoms with Gasteiger partial charge in [-0.3, -0.25) is 4.79 Å². The predicted molar refractivity (Wildman–Crippen MR) is 84.3 cm³/mol. The third-order valence-electron chi connectivity index (χ3n) is 3.11. The molecule has 0 aliphatic heterocycles. The van der Waals surface area contributed by atoms with Gasteiger partial charge in [0.2, 0.25) is 0 Å². The minimum Gasteiger partial charge on any atom is -0.397 e. The summed E-state index contributed by atoms with van der Waals surface area (Å²) in [4.78, 5) is 19.0. The van der Waals surface area contributed by atoms with Crippen LogP contribution in [-0.4, -0.2) is 29.0 Å². The van der Waals surface area contributed by atoms with Crippen molar-refractivity contribution < 1.29 is 4.79 Å². The van der Waals surface area contributed by atoms with Gasteiger partial charge in [0.1, 0.15) is 5.82 Å². The van der Waals surface area contributed by atoms with E-state index in [2.05, 4.69) is 20.6 Å². The highest BCUT2D eigenvalue weighted by Crippen LogP contribution is 2.20. The number of aromatic nitrogens is 2. The Hall–Kier alpha value is -2.50. The first kappa shape index (κ1) is 14.9. The summed E-state index contributed by atoms with van der Waals surface area (Å²) < 4.78 is 0. The number of nitrogens with one attached hydrogen (secondary N) is 3. The Bertz CT molecular complexity index is 580. The molecule has 0 atom stereocenters. The van der Waals surface area contributed by atoms with Crippen LogP contribution in [-0.2, 0) is 6.42 Å². The number of aryl methyl sites for hydroxylation is 1. The van der Waals surface area contributed by atoms with Crippen molar-refractivity contribution >= 4 is 17.3 Å². The van der Waals surface area contributed by atoms with Crippen molar-refractivity contribution in [1.82, 2.24) is 15.3 Å². The average Bonchev–Trinajstić information content (AvgIpc) is 2.98. The van der Waals surface area contributed by atoms with Crippen LogP contribution < -0.4 is 16.4 Å². The number of aromatic amines is 1. The van der Waals surface area contributed by atoms with Gasteiger partial charge in [-0.1, -0.05) is 0 Å². The topological polar surface area (TPSA) is 95.8 Å². The molecule has 6 heteroatoms. The standard InChI is InChI=1S/C15H21N5O/c1-2-17-15(21)11-5-6-12(16)13(10-11)18-7-3-4-14-19-8-9-20-14/h5-6,8-10,18H,2-4,7,16H2,1H3,(H,17,21)(H,19,20). The molecule has 2 rings (SSSR count). The second-order valence-electron chi connectivity index (χ2n) is 4.73. The Kier molecular flexibility index (Phi) is 5.20. The molecule has 112 valence electrons. The summed E-state index contributed by atoms with van der Waals surface area (Å²) in [6.07, 6.45) is 5.36. The summed E-state index contributed by atoms with van der Waals surface area (Å²) >= 11 is 0. The number of carbonyl (C=O) groups excluding carboxylic acids is 1. The first-order chi connectivity index (χ1) is 10.2. The van der Waals surface area contributed by atoms with E-state index in [0.717, 1.165) is 30.9 Å². The molecule has 0 fully saturated rings. The first-order valence-electron chi connectivity index (χ1n) is 7.10. The molecule has 0 unspecified atom stereocenters. The summed E-state index contributed by atoms with van der Waals surface area (Å²) in [5.41, 5.74) is 7.97. The van der Waals surface area contributed by atoms with E-state index in [4.69, 9.17) is 5.73 Å². The molecule has 5 N–H and O–H groups in total. The highest BCUT2D eigenvalue weighted by atomic mass is 16.1. The van der Waals surface area contributed by atoms with Crippen molar-refractivity contribution in [3.05, 3.63) is 42.0 Å². The number of imidazole rings is 1. The van der Waals surface area contributed by atoms with E-state index in [-0.39, 0.29) is 5.91 Å². The smallest absolute Gasteiger partial charge is 0.251 e. The molecule has 1 aromatic heterocycles. The van der Waals surface area contributed by atoms with Crippen LogP contribution >= 0.6 is 0 Å². The number of nitrogens with two attached hydrogens (primary N) is 1. The Morgan fingerprint density at radius 2 is 2.29 bits per heavy atom. The van der Waals surface area contributed by atoms with Gasteiger partial charge in [0.25, 0.3) is 5.91 Å². The zero-order valence-corrected chi connectivity index (χ0v) is 12.1. The van der Waals surface area contributed by atoms with E-state index >= 15 is 0 Å². The number of hydrogen-bond donors (Lipinski definition) is 4. The molecule has 2 aromatic rings. The van der Waals surface area contributed by atoms with Gasteiger partial charge in [-0.05, 0) is 31.5 Å². The number of benzene rings is 1. The van der Waals surface area contributed by atoms with Crippen LogP contribution in [0.15, 0.2) is 30.6 Å². The summed E-state index contributed by atoms with van der Waals surface area (Å²) in [5.74, 6) is 0.886. The third kappa shape index (κ3) is 4.24. The van der Waals surface area contributed by atoms with Gasteiger partial charge in [-0.15, -0.1) is 0 Å². The minimum atomic E-state index is -0.0869. The molecule has 1 heterocycles. The van der Waals surface area contributed by atoms with Crippen molar-refractivity contribution in [2.45, 2.75) is 19.8 Å². The van der Waals surface area contributed by atoms with Crippen LogP contribution in [0.1, 0.15) is 29.5 Å².